The lowest BCUT2D eigenvalue weighted by Gasteiger charge is -2.33. The first-order chi connectivity index (χ1) is 9.65. The molecule has 0 saturated heterocycles. The van der Waals surface area contributed by atoms with Crippen molar-refractivity contribution in [2.45, 2.75) is 31.7 Å². The van der Waals surface area contributed by atoms with E-state index >= 15 is 0 Å². The van der Waals surface area contributed by atoms with Crippen LogP contribution in [0.4, 0.5) is 18.0 Å². The van der Waals surface area contributed by atoms with Crippen molar-refractivity contribution < 1.29 is 27.9 Å². The predicted molar refractivity (Wildman–Crippen MR) is 61.1 cm³/mol. The number of nitrogens with one attached hydrogen (secondary N) is 1. The van der Waals surface area contributed by atoms with Gasteiger partial charge in [-0.1, -0.05) is 0 Å². The Labute approximate surface area is 116 Å². The summed E-state index contributed by atoms with van der Waals surface area (Å²) in [5, 5.41) is 17.6. The maximum absolute atomic E-state index is 12.8. The summed E-state index contributed by atoms with van der Waals surface area (Å²) in [5.41, 5.74) is -3.35. The van der Waals surface area contributed by atoms with Crippen molar-refractivity contribution >= 4 is 12.0 Å². The Morgan fingerprint density at radius 3 is 2.62 bits per heavy atom. The summed E-state index contributed by atoms with van der Waals surface area (Å²) in [4.78, 5) is 23.8. The second kappa shape index (κ2) is 4.90. The summed E-state index contributed by atoms with van der Waals surface area (Å²) in [6, 6.07) is -1.12. The number of amides is 2. The van der Waals surface area contributed by atoms with Crippen LogP contribution >= 0.6 is 0 Å². The third kappa shape index (κ3) is 2.62. The normalized spacial score (nSPS) is 17.8. The van der Waals surface area contributed by atoms with Crippen LogP contribution in [-0.2, 0) is 17.9 Å². The molecule has 0 spiro atoms. The molecule has 1 unspecified atom stereocenters. The van der Waals surface area contributed by atoms with Crippen LogP contribution in [0.2, 0.25) is 0 Å². The van der Waals surface area contributed by atoms with E-state index in [1.54, 1.807) is 4.57 Å². The Bertz CT molecular complexity index is 573. The highest BCUT2D eigenvalue weighted by molar-refractivity contribution is 5.86. The topological polar surface area (TPSA) is 100 Å². The number of rotatable bonds is 2. The van der Waals surface area contributed by atoms with E-state index in [1.807, 2.05) is 0 Å². The number of nitrogens with zero attached hydrogens (tertiary/aromatic N) is 4. The highest BCUT2D eigenvalue weighted by atomic mass is 19.4. The minimum absolute atomic E-state index is 0.0423. The lowest BCUT2D eigenvalue weighted by atomic mass is 10.0. The standard InChI is InChI=1S/C10H12F3N5O3/c1-9(7(19)20,10(11,12)13)15-8(21)17-2-3-18-5-14-16-6(18)4-17/h5H,2-4H2,1H3,(H,15,21)(H,19,20). The maximum Gasteiger partial charge on any atom is 0.422 e. The van der Waals surface area contributed by atoms with Gasteiger partial charge in [0.15, 0.2) is 5.82 Å². The summed E-state index contributed by atoms with van der Waals surface area (Å²) in [7, 11) is 0. The first-order valence-electron chi connectivity index (χ1n) is 5.89. The van der Waals surface area contributed by atoms with Gasteiger partial charge in [0, 0.05) is 13.1 Å². The van der Waals surface area contributed by atoms with E-state index < -0.39 is 23.7 Å². The molecule has 2 heterocycles. The van der Waals surface area contributed by atoms with Crippen molar-refractivity contribution in [3.05, 3.63) is 12.2 Å². The van der Waals surface area contributed by atoms with Crippen molar-refractivity contribution in [1.82, 2.24) is 25.0 Å². The number of fused-ring (bicyclic) bond motifs is 1. The Morgan fingerprint density at radius 1 is 1.38 bits per heavy atom. The van der Waals surface area contributed by atoms with E-state index in [0.29, 0.717) is 19.3 Å². The molecule has 0 radical (unpaired) electrons. The zero-order chi connectivity index (χ0) is 15.8. The molecule has 1 atom stereocenters. The van der Waals surface area contributed by atoms with E-state index in [9.17, 15) is 22.8 Å². The molecule has 8 nitrogen and oxygen atoms in total. The third-order valence-corrected chi connectivity index (χ3v) is 3.28. The van der Waals surface area contributed by atoms with Crippen LogP contribution in [0, 0.1) is 0 Å². The monoisotopic (exact) mass is 307 g/mol. The largest absolute Gasteiger partial charge is 0.479 e. The lowest BCUT2D eigenvalue weighted by molar-refractivity contribution is -0.203. The quantitative estimate of drug-likeness (QED) is 0.813. The van der Waals surface area contributed by atoms with Crippen molar-refractivity contribution in [2.75, 3.05) is 6.54 Å². The van der Waals surface area contributed by atoms with Crippen LogP contribution in [-0.4, -0.2) is 55.0 Å². The van der Waals surface area contributed by atoms with Gasteiger partial charge in [0.1, 0.15) is 6.33 Å². The molecular weight excluding hydrogens is 295 g/mol. The number of alkyl halides is 3. The Kier molecular flexibility index (Phi) is 3.51. The molecule has 2 amide bonds. The van der Waals surface area contributed by atoms with Gasteiger partial charge in [0.2, 0.25) is 5.54 Å². The van der Waals surface area contributed by atoms with Crippen LogP contribution in [0.15, 0.2) is 6.33 Å². The lowest BCUT2D eigenvalue weighted by Crippen LogP contribution is -2.64. The average molecular weight is 307 g/mol. The van der Waals surface area contributed by atoms with Crippen molar-refractivity contribution in [3.8, 4) is 0 Å². The Morgan fingerprint density at radius 2 is 2.05 bits per heavy atom. The number of carboxylic acids is 1. The van der Waals surface area contributed by atoms with E-state index in [1.165, 1.54) is 11.6 Å². The number of urea groups is 1. The number of aliphatic carboxylic acids is 1. The Hall–Kier alpha value is -2.33. The van der Waals surface area contributed by atoms with Gasteiger partial charge in [-0.15, -0.1) is 10.2 Å². The first-order valence-corrected chi connectivity index (χ1v) is 5.89. The van der Waals surface area contributed by atoms with Gasteiger partial charge in [0.05, 0.1) is 6.54 Å². The van der Waals surface area contributed by atoms with E-state index in [0.717, 1.165) is 4.90 Å². The molecule has 0 saturated carbocycles. The first kappa shape index (κ1) is 15.1. The van der Waals surface area contributed by atoms with Crippen LogP contribution < -0.4 is 5.32 Å². The molecule has 2 rings (SSSR count). The third-order valence-electron chi connectivity index (χ3n) is 3.28. The van der Waals surface area contributed by atoms with Crippen molar-refractivity contribution in [1.29, 1.82) is 0 Å². The fourth-order valence-corrected chi connectivity index (χ4v) is 1.78. The van der Waals surface area contributed by atoms with E-state index in [-0.39, 0.29) is 13.1 Å². The summed E-state index contributed by atoms with van der Waals surface area (Å²) in [6.07, 6.45) is -3.67. The Balaban J connectivity index is 2.13. The van der Waals surface area contributed by atoms with Crippen LogP contribution in [0.25, 0.3) is 0 Å². The molecule has 1 aromatic heterocycles. The molecule has 0 fully saturated rings. The SMILES string of the molecule is CC(NC(=O)N1CCn2cnnc2C1)(C(=O)O)C(F)(F)F. The van der Waals surface area contributed by atoms with Gasteiger partial charge in [-0.25, -0.2) is 9.59 Å². The number of carbonyl (C=O) groups excluding carboxylic acids is 1. The van der Waals surface area contributed by atoms with Crippen LogP contribution in [0.3, 0.4) is 0 Å². The highest BCUT2D eigenvalue weighted by Crippen LogP contribution is 2.30. The molecule has 0 aliphatic carbocycles. The number of carboxylic acid groups (broad SMARTS) is 1. The minimum atomic E-state index is -5.12. The van der Waals surface area contributed by atoms with Crippen molar-refractivity contribution in [3.63, 3.8) is 0 Å². The molecule has 21 heavy (non-hydrogen) atoms. The molecule has 1 aromatic rings. The molecular formula is C10H12F3N5O3. The van der Waals surface area contributed by atoms with E-state index in [4.69, 9.17) is 5.11 Å². The van der Waals surface area contributed by atoms with Gasteiger partial charge < -0.3 is 19.9 Å². The second-order valence-corrected chi connectivity index (χ2v) is 4.72. The van der Waals surface area contributed by atoms with Crippen LogP contribution in [0.5, 0.6) is 0 Å². The molecule has 1 aliphatic heterocycles. The van der Waals surface area contributed by atoms with Gasteiger partial charge in [-0.05, 0) is 6.92 Å². The number of hydrogen-bond donors (Lipinski definition) is 2. The summed E-state index contributed by atoms with van der Waals surface area (Å²) >= 11 is 0. The maximum atomic E-state index is 12.8. The smallest absolute Gasteiger partial charge is 0.422 e. The van der Waals surface area contributed by atoms with Gasteiger partial charge in [0.25, 0.3) is 0 Å². The minimum Gasteiger partial charge on any atom is -0.479 e. The van der Waals surface area contributed by atoms with Gasteiger partial charge in [-0.3, -0.25) is 0 Å². The zero-order valence-corrected chi connectivity index (χ0v) is 10.9. The molecule has 11 heteroatoms. The fraction of sp³-hybridized carbons (Fsp3) is 0.600. The van der Waals surface area contributed by atoms with E-state index in [2.05, 4.69) is 10.2 Å². The summed E-state index contributed by atoms with van der Waals surface area (Å²) < 4.78 is 40.2. The number of carbonyl (C=O) groups is 2. The molecule has 1 aliphatic rings. The van der Waals surface area contributed by atoms with Crippen LogP contribution in [0.1, 0.15) is 12.7 Å². The second-order valence-electron chi connectivity index (χ2n) is 4.72. The van der Waals surface area contributed by atoms with Gasteiger partial charge >= 0.3 is 18.2 Å². The van der Waals surface area contributed by atoms with Crippen molar-refractivity contribution in [2.24, 2.45) is 0 Å². The summed E-state index contributed by atoms with van der Waals surface area (Å²) in [5.74, 6) is -1.76. The summed E-state index contributed by atoms with van der Waals surface area (Å²) in [6.45, 7) is 0.815. The number of aromatic nitrogens is 3. The molecule has 116 valence electrons. The molecule has 0 bridgehead atoms. The average Bonchev–Trinajstić information content (AvgIpc) is 2.83. The van der Waals surface area contributed by atoms with Gasteiger partial charge in [-0.2, -0.15) is 13.2 Å². The fourth-order valence-electron chi connectivity index (χ4n) is 1.78. The molecule has 2 N–H and O–H groups in total. The number of halogens is 3. The predicted octanol–water partition coefficient (Wildman–Crippen LogP) is 0.209. The molecule has 0 aromatic carbocycles. The highest BCUT2D eigenvalue weighted by Gasteiger charge is 2.58. The zero-order valence-electron chi connectivity index (χ0n) is 10.9. The number of hydrogen-bond acceptors (Lipinski definition) is 4.